The van der Waals surface area contributed by atoms with Crippen LogP contribution in [-0.4, -0.2) is 60.8 Å². The fraction of sp³-hybridized carbons (Fsp3) is 1.00. The van der Waals surface area contributed by atoms with Crippen molar-refractivity contribution in [2.75, 3.05) is 34.2 Å². The fourth-order valence-electron chi connectivity index (χ4n) is 3.09. The highest BCUT2D eigenvalue weighted by Gasteiger charge is 2.37. The van der Waals surface area contributed by atoms with Crippen molar-refractivity contribution in [3.05, 3.63) is 0 Å². The van der Waals surface area contributed by atoms with Gasteiger partial charge in [-0.15, -0.1) is 0 Å². The van der Waals surface area contributed by atoms with Gasteiger partial charge in [0.25, 0.3) is 0 Å². The lowest BCUT2D eigenvalue weighted by Crippen LogP contribution is -2.54. The first-order valence-electron chi connectivity index (χ1n) is 5.89. The zero-order valence-corrected chi connectivity index (χ0v) is 10.8. The molecule has 0 spiro atoms. The van der Waals surface area contributed by atoms with Crippen LogP contribution in [0.3, 0.4) is 0 Å². The van der Waals surface area contributed by atoms with E-state index in [1.54, 1.807) is 0 Å². The lowest BCUT2D eigenvalue weighted by molar-refractivity contribution is -0.0422. The summed E-state index contributed by atoms with van der Waals surface area (Å²) in [6, 6.07) is 0.250. The van der Waals surface area contributed by atoms with E-state index >= 15 is 0 Å². The van der Waals surface area contributed by atoms with Gasteiger partial charge in [0.2, 0.25) is 0 Å². The van der Waals surface area contributed by atoms with E-state index in [4.69, 9.17) is 0 Å². The number of hydrogen-bond acceptors (Lipinski definition) is 3. The first kappa shape index (κ1) is 12.9. The van der Waals surface area contributed by atoms with E-state index in [2.05, 4.69) is 30.9 Å². The molecule has 2 atom stereocenters. The van der Waals surface area contributed by atoms with Crippen LogP contribution in [0.1, 0.15) is 26.7 Å². The minimum Gasteiger partial charge on any atom is -0.389 e. The first-order chi connectivity index (χ1) is 6.82. The van der Waals surface area contributed by atoms with Gasteiger partial charge >= 0.3 is 0 Å². The number of aliphatic hydroxyl groups is 1. The zero-order valence-electron chi connectivity index (χ0n) is 10.8. The third-order valence-electron chi connectivity index (χ3n) is 3.39. The van der Waals surface area contributed by atoms with E-state index in [0.717, 1.165) is 6.54 Å². The number of likely N-dealkylation sites (N-methyl/N-ethyl adjacent to an activating group) is 1. The van der Waals surface area contributed by atoms with Crippen LogP contribution in [0.4, 0.5) is 0 Å². The molecule has 1 N–H and O–H groups in total. The van der Waals surface area contributed by atoms with Crippen LogP contribution >= 0.6 is 0 Å². The Labute approximate surface area is 94.1 Å². The fourth-order valence-corrected chi connectivity index (χ4v) is 3.09. The Morgan fingerprint density at radius 1 is 1.40 bits per heavy atom. The van der Waals surface area contributed by atoms with E-state index in [1.165, 1.54) is 19.4 Å². The standard InChI is InChI=1S/C12H26N2O/c1-12(2,15)11(13(3)4)10-7-6-8-14(5)9-10/h10-11,15H,6-9H2,1-5H3. The third-order valence-corrected chi connectivity index (χ3v) is 3.39. The Morgan fingerprint density at radius 3 is 2.40 bits per heavy atom. The molecule has 0 saturated carbocycles. The molecule has 0 aromatic carbocycles. The van der Waals surface area contributed by atoms with Crippen LogP contribution in [0, 0.1) is 5.92 Å². The van der Waals surface area contributed by atoms with Crippen LogP contribution in [0.25, 0.3) is 0 Å². The van der Waals surface area contributed by atoms with Gasteiger partial charge in [0.05, 0.1) is 5.60 Å². The Balaban J connectivity index is 2.71. The average molecular weight is 214 g/mol. The van der Waals surface area contributed by atoms with Crippen molar-refractivity contribution < 1.29 is 5.11 Å². The molecule has 1 fully saturated rings. The maximum absolute atomic E-state index is 10.2. The van der Waals surface area contributed by atoms with Crippen molar-refractivity contribution in [2.45, 2.75) is 38.3 Å². The molecule has 0 bridgehead atoms. The molecular formula is C12H26N2O. The highest BCUT2D eigenvalue weighted by molar-refractivity contribution is 4.91. The van der Waals surface area contributed by atoms with E-state index in [1.807, 2.05) is 13.8 Å². The molecule has 0 aromatic rings. The summed E-state index contributed by atoms with van der Waals surface area (Å²) in [5, 5.41) is 10.2. The maximum Gasteiger partial charge on any atom is 0.0749 e. The van der Waals surface area contributed by atoms with E-state index in [-0.39, 0.29) is 6.04 Å². The molecule has 1 rings (SSSR count). The molecule has 2 unspecified atom stereocenters. The van der Waals surface area contributed by atoms with Gasteiger partial charge in [-0.05, 0) is 60.3 Å². The van der Waals surface area contributed by atoms with Gasteiger partial charge in [-0.1, -0.05) is 0 Å². The van der Waals surface area contributed by atoms with Crippen molar-refractivity contribution >= 4 is 0 Å². The molecule has 90 valence electrons. The number of piperidine rings is 1. The SMILES string of the molecule is CN1CCCC(C(N(C)C)C(C)(C)O)C1. The van der Waals surface area contributed by atoms with E-state index in [0.29, 0.717) is 5.92 Å². The summed E-state index contributed by atoms with van der Waals surface area (Å²) in [6.07, 6.45) is 2.48. The van der Waals surface area contributed by atoms with Gasteiger partial charge in [-0.2, -0.15) is 0 Å². The molecule has 15 heavy (non-hydrogen) atoms. The summed E-state index contributed by atoms with van der Waals surface area (Å²) in [5.41, 5.74) is -0.619. The van der Waals surface area contributed by atoms with Crippen LogP contribution in [0.2, 0.25) is 0 Å². The van der Waals surface area contributed by atoms with Crippen molar-refractivity contribution in [1.82, 2.24) is 9.80 Å². The quantitative estimate of drug-likeness (QED) is 0.760. The number of likely N-dealkylation sites (tertiary alicyclic amines) is 1. The summed E-state index contributed by atoms with van der Waals surface area (Å²) < 4.78 is 0. The first-order valence-corrected chi connectivity index (χ1v) is 5.89. The van der Waals surface area contributed by atoms with Crippen molar-refractivity contribution in [2.24, 2.45) is 5.92 Å². The minimum absolute atomic E-state index is 0.250. The molecule has 1 aliphatic heterocycles. The second kappa shape index (κ2) is 4.81. The number of rotatable bonds is 3. The van der Waals surface area contributed by atoms with Gasteiger partial charge in [0.1, 0.15) is 0 Å². The van der Waals surface area contributed by atoms with Gasteiger partial charge in [-0.25, -0.2) is 0 Å². The van der Waals surface area contributed by atoms with Crippen LogP contribution < -0.4 is 0 Å². The maximum atomic E-state index is 10.2. The van der Waals surface area contributed by atoms with Crippen molar-refractivity contribution in [3.63, 3.8) is 0 Å². The van der Waals surface area contributed by atoms with Crippen molar-refractivity contribution in [3.8, 4) is 0 Å². The van der Waals surface area contributed by atoms with Gasteiger partial charge in [0, 0.05) is 12.6 Å². The van der Waals surface area contributed by atoms with Crippen LogP contribution in [-0.2, 0) is 0 Å². The normalized spacial score (nSPS) is 27.0. The molecule has 1 saturated heterocycles. The average Bonchev–Trinajstić information content (AvgIpc) is 1.99. The summed E-state index contributed by atoms with van der Waals surface area (Å²) in [6.45, 7) is 6.15. The summed E-state index contributed by atoms with van der Waals surface area (Å²) in [5.74, 6) is 0.582. The smallest absolute Gasteiger partial charge is 0.0749 e. The second-order valence-electron chi connectivity index (χ2n) is 5.73. The number of hydrogen-bond donors (Lipinski definition) is 1. The van der Waals surface area contributed by atoms with E-state index < -0.39 is 5.60 Å². The second-order valence-corrected chi connectivity index (χ2v) is 5.73. The molecule has 1 heterocycles. The topological polar surface area (TPSA) is 26.7 Å². The Hall–Kier alpha value is -0.120. The highest BCUT2D eigenvalue weighted by Crippen LogP contribution is 2.28. The summed E-state index contributed by atoms with van der Waals surface area (Å²) >= 11 is 0. The molecule has 1 aliphatic rings. The molecule has 3 nitrogen and oxygen atoms in total. The van der Waals surface area contributed by atoms with E-state index in [9.17, 15) is 5.11 Å². The Morgan fingerprint density at radius 2 is 2.00 bits per heavy atom. The highest BCUT2D eigenvalue weighted by atomic mass is 16.3. The van der Waals surface area contributed by atoms with Crippen molar-refractivity contribution in [1.29, 1.82) is 0 Å². The van der Waals surface area contributed by atoms with Crippen LogP contribution in [0.5, 0.6) is 0 Å². The monoisotopic (exact) mass is 214 g/mol. The number of nitrogens with zero attached hydrogens (tertiary/aromatic N) is 2. The van der Waals surface area contributed by atoms with Gasteiger partial charge in [-0.3, -0.25) is 0 Å². The lowest BCUT2D eigenvalue weighted by Gasteiger charge is -2.44. The molecule has 0 aliphatic carbocycles. The Kier molecular flexibility index (Phi) is 4.15. The molecular weight excluding hydrogens is 188 g/mol. The predicted molar refractivity (Wildman–Crippen MR) is 64.0 cm³/mol. The molecule has 3 heteroatoms. The van der Waals surface area contributed by atoms with Gasteiger partial charge < -0.3 is 14.9 Å². The predicted octanol–water partition coefficient (Wildman–Crippen LogP) is 1.03. The molecule has 0 amide bonds. The minimum atomic E-state index is -0.619. The van der Waals surface area contributed by atoms with Gasteiger partial charge in [0.15, 0.2) is 0 Å². The molecule has 0 aromatic heterocycles. The van der Waals surface area contributed by atoms with Crippen LogP contribution in [0.15, 0.2) is 0 Å². The zero-order chi connectivity index (χ0) is 11.6. The summed E-state index contributed by atoms with van der Waals surface area (Å²) in [7, 11) is 6.30. The third kappa shape index (κ3) is 3.44. The lowest BCUT2D eigenvalue weighted by atomic mass is 9.81. The summed E-state index contributed by atoms with van der Waals surface area (Å²) in [4.78, 5) is 4.54. The largest absolute Gasteiger partial charge is 0.389 e. The molecule has 0 radical (unpaired) electrons. The Bertz CT molecular complexity index is 198.